The van der Waals surface area contributed by atoms with Crippen LogP contribution in [0.3, 0.4) is 0 Å². The maximum absolute atomic E-state index is 7.85. The summed E-state index contributed by atoms with van der Waals surface area (Å²) in [5.41, 5.74) is 13.6. The number of rotatable bonds is 7. The number of nitrogens with zero attached hydrogens (tertiary/aromatic N) is 1. The summed E-state index contributed by atoms with van der Waals surface area (Å²) < 4.78 is 5.24. The zero-order valence-corrected chi connectivity index (χ0v) is 21.3. The second-order valence-corrected chi connectivity index (χ2v) is 10.6. The molecule has 5 rings (SSSR count). The molecular weight excluding hydrogens is 430 g/mol. The summed E-state index contributed by atoms with van der Waals surface area (Å²) in [5, 5.41) is 10.2. The van der Waals surface area contributed by atoms with E-state index in [9.17, 15) is 0 Å². The van der Waals surface area contributed by atoms with Crippen LogP contribution in [-0.2, 0) is 11.2 Å². The molecule has 35 heavy (non-hydrogen) atoms. The summed E-state index contributed by atoms with van der Waals surface area (Å²) >= 11 is 0. The van der Waals surface area contributed by atoms with Gasteiger partial charge in [-0.1, -0.05) is 68.5 Å². The number of amidine groups is 1. The topological polar surface area (TPSA) is 62.3 Å². The van der Waals surface area contributed by atoms with E-state index in [0.29, 0.717) is 30.4 Å². The average Bonchev–Trinajstić information content (AvgIpc) is 3.64. The van der Waals surface area contributed by atoms with E-state index in [4.69, 9.17) is 15.9 Å². The average molecular weight is 468 g/mol. The van der Waals surface area contributed by atoms with Crippen LogP contribution in [-0.4, -0.2) is 38.0 Å². The number of methoxy groups -OCH3 is 1. The maximum atomic E-state index is 7.85. The van der Waals surface area contributed by atoms with Crippen LogP contribution < -0.4 is 5.73 Å². The monoisotopic (exact) mass is 467 g/mol. The number of nitrogens with two attached hydrogens (primary N) is 1. The van der Waals surface area contributed by atoms with E-state index in [1.54, 1.807) is 7.11 Å². The standard InChI is InChI=1S/C31H37N3O/c1-19(2)30-29-16-23(8-7-20(29)11-12-34(30)3)27-18-28(27)25-14-21(6-5-13-35-4)26-17-24(31(32)33)10-9-22(26)15-25/h5-10,14-17,19,27-28,30H,11-13,18H2,1-4H3,(H3,32,33). The molecule has 0 saturated heterocycles. The first-order valence-corrected chi connectivity index (χ1v) is 12.8. The van der Waals surface area contributed by atoms with Crippen LogP contribution in [0.4, 0.5) is 0 Å². The van der Waals surface area contributed by atoms with Gasteiger partial charge < -0.3 is 10.5 Å². The van der Waals surface area contributed by atoms with Gasteiger partial charge in [-0.15, -0.1) is 0 Å². The van der Waals surface area contributed by atoms with Gasteiger partial charge in [0.05, 0.1) is 6.61 Å². The van der Waals surface area contributed by atoms with E-state index in [-0.39, 0.29) is 5.84 Å². The molecule has 1 saturated carbocycles. The molecule has 0 radical (unpaired) electrons. The van der Waals surface area contributed by atoms with Gasteiger partial charge in [0.15, 0.2) is 0 Å². The van der Waals surface area contributed by atoms with Gasteiger partial charge in [0.1, 0.15) is 5.84 Å². The fourth-order valence-electron chi connectivity index (χ4n) is 6.02. The minimum Gasteiger partial charge on any atom is -0.384 e. The summed E-state index contributed by atoms with van der Waals surface area (Å²) in [6, 6.07) is 18.5. The van der Waals surface area contributed by atoms with E-state index in [1.165, 1.54) is 34.1 Å². The minimum atomic E-state index is 0.0998. The highest BCUT2D eigenvalue weighted by Crippen LogP contribution is 2.56. The predicted octanol–water partition coefficient (Wildman–Crippen LogP) is 6.24. The lowest BCUT2D eigenvalue weighted by molar-refractivity contribution is 0.181. The van der Waals surface area contributed by atoms with Crippen LogP contribution in [0.2, 0.25) is 0 Å². The molecule has 3 atom stereocenters. The van der Waals surface area contributed by atoms with Crippen molar-refractivity contribution < 1.29 is 4.74 Å². The van der Waals surface area contributed by atoms with E-state index >= 15 is 0 Å². The van der Waals surface area contributed by atoms with Gasteiger partial charge in [0.25, 0.3) is 0 Å². The molecule has 0 bridgehead atoms. The first-order valence-electron chi connectivity index (χ1n) is 12.8. The molecule has 3 N–H and O–H groups in total. The van der Waals surface area contributed by atoms with Gasteiger partial charge in [-0.05, 0) is 82.3 Å². The highest BCUT2D eigenvalue weighted by Gasteiger charge is 2.40. The third-order valence-electron chi connectivity index (χ3n) is 7.86. The molecule has 1 fully saturated rings. The van der Waals surface area contributed by atoms with Gasteiger partial charge >= 0.3 is 0 Å². The number of ether oxygens (including phenoxy) is 1. The first kappa shape index (κ1) is 23.8. The van der Waals surface area contributed by atoms with Crippen molar-refractivity contribution in [3.05, 3.63) is 88.0 Å². The van der Waals surface area contributed by atoms with Crippen LogP contribution in [0, 0.1) is 11.3 Å². The van der Waals surface area contributed by atoms with Gasteiger partial charge in [0.2, 0.25) is 0 Å². The molecule has 4 nitrogen and oxygen atoms in total. The Morgan fingerprint density at radius 2 is 1.91 bits per heavy atom. The summed E-state index contributed by atoms with van der Waals surface area (Å²) in [7, 11) is 3.98. The van der Waals surface area contributed by atoms with E-state index in [2.05, 4.69) is 74.3 Å². The second-order valence-electron chi connectivity index (χ2n) is 10.6. The van der Waals surface area contributed by atoms with Gasteiger partial charge in [-0.2, -0.15) is 0 Å². The number of nitrogens with one attached hydrogen (secondary N) is 1. The van der Waals surface area contributed by atoms with Crippen molar-refractivity contribution in [1.29, 1.82) is 5.41 Å². The zero-order valence-electron chi connectivity index (χ0n) is 21.3. The van der Waals surface area contributed by atoms with E-state index < -0.39 is 0 Å². The molecule has 0 aromatic heterocycles. The van der Waals surface area contributed by atoms with Gasteiger partial charge in [-0.3, -0.25) is 10.3 Å². The number of nitrogen functional groups attached to an aromatic ring is 1. The fourth-order valence-corrected chi connectivity index (χ4v) is 6.02. The Labute approximate surface area is 209 Å². The molecule has 1 heterocycles. The maximum Gasteiger partial charge on any atom is 0.122 e. The van der Waals surface area contributed by atoms with Crippen LogP contribution in [0.1, 0.15) is 71.5 Å². The number of fused-ring (bicyclic) bond motifs is 2. The molecule has 2 aliphatic rings. The second kappa shape index (κ2) is 9.60. The highest BCUT2D eigenvalue weighted by atomic mass is 16.5. The van der Waals surface area contributed by atoms with Crippen molar-refractivity contribution in [2.24, 2.45) is 11.7 Å². The van der Waals surface area contributed by atoms with Crippen molar-refractivity contribution in [2.45, 2.75) is 44.6 Å². The molecule has 1 aliphatic heterocycles. The summed E-state index contributed by atoms with van der Waals surface area (Å²) in [6.45, 7) is 6.40. The molecule has 3 unspecified atom stereocenters. The Hall–Kier alpha value is -2.95. The lowest BCUT2D eigenvalue weighted by Crippen LogP contribution is -2.35. The Kier molecular flexibility index (Phi) is 6.52. The first-order chi connectivity index (χ1) is 16.9. The van der Waals surface area contributed by atoms with Crippen molar-refractivity contribution >= 4 is 22.7 Å². The van der Waals surface area contributed by atoms with Gasteiger partial charge in [0, 0.05) is 25.3 Å². The summed E-state index contributed by atoms with van der Waals surface area (Å²) in [4.78, 5) is 2.53. The normalized spacial score (nSPS) is 22.1. The Balaban J connectivity index is 1.48. The van der Waals surface area contributed by atoms with Gasteiger partial charge in [-0.25, -0.2) is 0 Å². The number of hydrogen-bond donors (Lipinski definition) is 2. The highest BCUT2D eigenvalue weighted by molar-refractivity contribution is 6.01. The smallest absolute Gasteiger partial charge is 0.122 e. The minimum absolute atomic E-state index is 0.0998. The SMILES string of the molecule is COCC=Cc1cc(C2CC2c2ccc3c(c2)C(C(C)C)N(C)CC3)cc2ccc(C(=N)N)cc12. The van der Waals surface area contributed by atoms with Crippen molar-refractivity contribution in [3.8, 4) is 0 Å². The van der Waals surface area contributed by atoms with Crippen LogP contribution in [0.5, 0.6) is 0 Å². The van der Waals surface area contributed by atoms with E-state index in [0.717, 1.165) is 29.5 Å². The molecule has 0 spiro atoms. The predicted molar refractivity (Wildman–Crippen MR) is 146 cm³/mol. The molecule has 182 valence electrons. The molecule has 0 amide bonds. The Morgan fingerprint density at radius 1 is 1.11 bits per heavy atom. The third kappa shape index (κ3) is 4.65. The quantitative estimate of drug-likeness (QED) is 0.319. The molecule has 3 aromatic rings. The third-order valence-corrected chi connectivity index (χ3v) is 7.86. The molecular formula is C31H37N3O. The number of hydrogen-bond acceptors (Lipinski definition) is 3. The largest absolute Gasteiger partial charge is 0.384 e. The zero-order chi connectivity index (χ0) is 24.7. The summed E-state index contributed by atoms with van der Waals surface area (Å²) in [6.07, 6.45) is 6.53. The van der Waals surface area contributed by atoms with Crippen LogP contribution >= 0.6 is 0 Å². The van der Waals surface area contributed by atoms with Crippen LogP contribution in [0.25, 0.3) is 16.8 Å². The molecule has 3 aromatic carbocycles. The Bertz CT molecular complexity index is 1290. The van der Waals surface area contributed by atoms with Crippen molar-refractivity contribution in [1.82, 2.24) is 4.90 Å². The lowest BCUT2D eigenvalue weighted by Gasteiger charge is -2.37. The fraction of sp³-hybridized carbons (Fsp3) is 0.387. The number of benzene rings is 3. The van der Waals surface area contributed by atoms with E-state index in [1.807, 2.05) is 12.1 Å². The number of likely N-dealkylation sites (N-methyl/N-ethyl adjacent to an activating group) is 1. The van der Waals surface area contributed by atoms with Crippen molar-refractivity contribution in [3.63, 3.8) is 0 Å². The summed E-state index contributed by atoms with van der Waals surface area (Å²) in [5.74, 6) is 1.82. The lowest BCUT2D eigenvalue weighted by atomic mass is 9.85. The molecule has 1 aliphatic carbocycles. The van der Waals surface area contributed by atoms with Crippen molar-refractivity contribution in [2.75, 3.05) is 27.3 Å². The molecule has 4 heteroatoms. The van der Waals surface area contributed by atoms with Crippen LogP contribution in [0.15, 0.2) is 54.6 Å². The Morgan fingerprint density at radius 3 is 2.66 bits per heavy atom.